The van der Waals surface area contributed by atoms with Crippen molar-refractivity contribution in [1.82, 2.24) is 14.3 Å². The molecule has 0 radical (unpaired) electrons. The molecule has 0 aromatic heterocycles. The maximum atomic E-state index is 12.2. The molecule has 1 atom stereocenters. The summed E-state index contributed by atoms with van der Waals surface area (Å²) in [5.41, 5.74) is 0. The summed E-state index contributed by atoms with van der Waals surface area (Å²) in [6, 6.07) is 0.732. The molecule has 124 valence electrons. The van der Waals surface area contributed by atoms with Crippen LogP contribution < -0.4 is 10.0 Å². The summed E-state index contributed by atoms with van der Waals surface area (Å²) in [5, 5.41) is 3.54. The van der Waals surface area contributed by atoms with E-state index in [-0.39, 0.29) is 5.92 Å². The van der Waals surface area contributed by atoms with Gasteiger partial charge in [-0.15, -0.1) is 0 Å². The Morgan fingerprint density at radius 1 is 1.24 bits per heavy atom. The second-order valence-corrected chi connectivity index (χ2v) is 8.19. The van der Waals surface area contributed by atoms with Crippen molar-refractivity contribution in [3.05, 3.63) is 0 Å². The molecule has 7 heteroatoms. The smallest absolute Gasteiger partial charge is 0.279 e. The predicted molar refractivity (Wildman–Crippen MR) is 83.3 cm³/mol. The monoisotopic (exact) mass is 319 g/mol. The molecule has 0 aromatic rings. The SMILES string of the molecule is COCC(C)CNS(=O)(=O)N1CCC(CNC2CC2)CC1. The van der Waals surface area contributed by atoms with E-state index in [1.165, 1.54) is 12.8 Å². The van der Waals surface area contributed by atoms with Crippen LogP contribution in [0.4, 0.5) is 0 Å². The first-order chi connectivity index (χ1) is 10.0. The maximum absolute atomic E-state index is 12.2. The van der Waals surface area contributed by atoms with Crippen LogP contribution in [0.5, 0.6) is 0 Å². The van der Waals surface area contributed by atoms with Crippen molar-refractivity contribution in [2.24, 2.45) is 11.8 Å². The van der Waals surface area contributed by atoms with Gasteiger partial charge in [-0.1, -0.05) is 6.92 Å². The van der Waals surface area contributed by atoms with Gasteiger partial charge in [0.05, 0.1) is 0 Å². The van der Waals surface area contributed by atoms with Gasteiger partial charge in [-0.05, 0) is 44.1 Å². The lowest BCUT2D eigenvalue weighted by Crippen LogP contribution is -2.47. The fourth-order valence-corrected chi connectivity index (χ4v) is 4.03. The van der Waals surface area contributed by atoms with Crippen molar-refractivity contribution in [2.45, 2.75) is 38.6 Å². The number of nitrogens with one attached hydrogen (secondary N) is 2. The van der Waals surface area contributed by atoms with Crippen LogP contribution >= 0.6 is 0 Å². The summed E-state index contributed by atoms with van der Waals surface area (Å²) >= 11 is 0. The van der Waals surface area contributed by atoms with E-state index in [0.717, 1.165) is 25.4 Å². The highest BCUT2D eigenvalue weighted by Crippen LogP contribution is 2.22. The lowest BCUT2D eigenvalue weighted by Gasteiger charge is -2.31. The van der Waals surface area contributed by atoms with Crippen molar-refractivity contribution in [3.8, 4) is 0 Å². The van der Waals surface area contributed by atoms with Gasteiger partial charge in [0.1, 0.15) is 0 Å². The van der Waals surface area contributed by atoms with Gasteiger partial charge in [0.2, 0.25) is 0 Å². The van der Waals surface area contributed by atoms with Crippen molar-refractivity contribution < 1.29 is 13.2 Å². The summed E-state index contributed by atoms with van der Waals surface area (Å²) in [7, 11) is -1.70. The Hall–Kier alpha value is -0.210. The Balaban J connectivity index is 1.69. The number of rotatable bonds is 9. The standard InChI is InChI=1S/C14H29N3O3S/c1-12(11-20-2)9-16-21(18,19)17-7-5-13(6-8-17)10-15-14-3-4-14/h12-16H,3-11H2,1-2H3. The van der Waals surface area contributed by atoms with Gasteiger partial charge in [-0.2, -0.15) is 12.7 Å². The van der Waals surface area contributed by atoms with Gasteiger partial charge in [0.15, 0.2) is 0 Å². The third-order valence-corrected chi connectivity index (χ3v) is 5.83. The number of ether oxygens (including phenoxy) is 1. The van der Waals surface area contributed by atoms with E-state index in [0.29, 0.717) is 32.2 Å². The van der Waals surface area contributed by atoms with Crippen LogP contribution in [-0.2, 0) is 14.9 Å². The van der Waals surface area contributed by atoms with Crippen LogP contribution in [0.1, 0.15) is 32.6 Å². The summed E-state index contributed by atoms with van der Waals surface area (Å²) < 4.78 is 33.8. The lowest BCUT2D eigenvalue weighted by molar-refractivity contribution is 0.160. The average Bonchev–Trinajstić information content (AvgIpc) is 3.28. The largest absolute Gasteiger partial charge is 0.384 e. The van der Waals surface area contributed by atoms with E-state index in [1.807, 2.05) is 6.92 Å². The quantitative estimate of drug-likeness (QED) is 0.652. The van der Waals surface area contributed by atoms with Gasteiger partial charge in [-0.3, -0.25) is 0 Å². The first-order valence-corrected chi connectivity index (χ1v) is 9.42. The zero-order valence-corrected chi connectivity index (χ0v) is 14.0. The number of hydrogen-bond donors (Lipinski definition) is 2. The number of piperidine rings is 1. The number of nitrogens with zero attached hydrogens (tertiary/aromatic N) is 1. The van der Waals surface area contributed by atoms with Crippen LogP contribution in [0.15, 0.2) is 0 Å². The minimum Gasteiger partial charge on any atom is -0.384 e. The summed E-state index contributed by atoms with van der Waals surface area (Å²) in [6.45, 7) is 5.27. The molecule has 1 aliphatic carbocycles. The molecule has 1 unspecified atom stereocenters. The first kappa shape index (κ1) is 17.1. The molecule has 6 nitrogen and oxygen atoms in total. The topological polar surface area (TPSA) is 70.7 Å². The van der Waals surface area contributed by atoms with Crippen molar-refractivity contribution in [3.63, 3.8) is 0 Å². The summed E-state index contributed by atoms with van der Waals surface area (Å²) in [5.74, 6) is 0.800. The minimum atomic E-state index is -3.33. The van der Waals surface area contributed by atoms with Gasteiger partial charge < -0.3 is 10.1 Å². The van der Waals surface area contributed by atoms with E-state index in [9.17, 15) is 8.42 Å². The van der Waals surface area contributed by atoms with Crippen LogP contribution in [0.2, 0.25) is 0 Å². The molecule has 0 spiro atoms. The van der Waals surface area contributed by atoms with E-state index in [4.69, 9.17) is 4.74 Å². The molecule has 0 aromatic carbocycles. The molecular weight excluding hydrogens is 290 g/mol. The lowest BCUT2D eigenvalue weighted by atomic mass is 9.98. The highest BCUT2D eigenvalue weighted by atomic mass is 32.2. The first-order valence-electron chi connectivity index (χ1n) is 7.98. The summed E-state index contributed by atoms with van der Waals surface area (Å²) in [6.07, 6.45) is 4.51. The Kier molecular flexibility index (Phi) is 6.43. The molecule has 21 heavy (non-hydrogen) atoms. The molecule has 2 N–H and O–H groups in total. The Morgan fingerprint density at radius 2 is 1.90 bits per heavy atom. The Labute approximate surface area is 128 Å². The van der Waals surface area contributed by atoms with E-state index in [1.54, 1.807) is 11.4 Å². The molecule has 1 heterocycles. The fraction of sp³-hybridized carbons (Fsp3) is 1.00. The zero-order valence-electron chi connectivity index (χ0n) is 13.2. The Morgan fingerprint density at radius 3 is 2.48 bits per heavy atom. The summed E-state index contributed by atoms with van der Waals surface area (Å²) in [4.78, 5) is 0. The third-order valence-electron chi connectivity index (χ3n) is 4.25. The molecule has 1 saturated carbocycles. The molecule has 0 amide bonds. The fourth-order valence-electron chi connectivity index (χ4n) is 2.66. The number of methoxy groups -OCH3 is 1. The molecule has 2 aliphatic rings. The molecule has 2 rings (SSSR count). The molecule has 1 saturated heterocycles. The number of hydrogen-bond acceptors (Lipinski definition) is 4. The van der Waals surface area contributed by atoms with Crippen LogP contribution in [0.25, 0.3) is 0 Å². The van der Waals surface area contributed by atoms with Crippen LogP contribution in [0, 0.1) is 11.8 Å². The predicted octanol–water partition coefficient (Wildman–Crippen LogP) is 0.567. The molecular formula is C14H29N3O3S. The van der Waals surface area contributed by atoms with Gasteiger partial charge in [-0.25, -0.2) is 4.72 Å². The highest BCUT2D eigenvalue weighted by molar-refractivity contribution is 7.87. The van der Waals surface area contributed by atoms with Crippen LogP contribution in [0.3, 0.4) is 0 Å². The second-order valence-electron chi connectivity index (χ2n) is 6.44. The minimum absolute atomic E-state index is 0.185. The molecule has 2 fully saturated rings. The third kappa shape index (κ3) is 5.83. The molecule has 1 aliphatic heterocycles. The van der Waals surface area contributed by atoms with E-state index in [2.05, 4.69) is 10.0 Å². The second kappa shape index (κ2) is 7.87. The van der Waals surface area contributed by atoms with Crippen molar-refractivity contribution >= 4 is 10.2 Å². The average molecular weight is 319 g/mol. The van der Waals surface area contributed by atoms with E-state index >= 15 is 0 Å². The maximum Gasteiger partial charge on any atom is 0.279 e. The normalized spacial score (nSPS) is 23.3. The van der Waals surface area contributed by atoms with Crippen LogP contribution in [-0.4, -0.2) is 58.7 Å². The van der Waals surface area contributed by atoms with Crippen molar-refractivity contribution in [1.29, 1.82) is 0 Å². The molecule has 0 bridgehead atoms. The zero-order chi connectivity index (χ0) is 15.3. The van der Waals surface area contributed by atoms with E-state index < -0.39 is 10.2 Å². The van der Waals surface area contributed by atoms with Gasteiger partial charge in [0.25, 0.3) is 10.2 Å². The van der Waals surface area contributed by atoms with Gasteiger partial charge >= 0.3 is 0 Å². The van der Waals surface area contributed by atoms with Gasteiger partial charge in [0, 0.05) is 39.4 Å². The Bertz CT molecular complexity index is 404. The highest BCUT2D eigenvalue weighted by Gasteiger charge is 2.29. The van der Waals surface area contributed by atoms with Crippen molar-refractivity contribution in [2.75, 3.05) is 39.9 Å².